The Bertz CT molecular complexity index is 805. The highest BCUT2D eigenvalue weighted by Crippen LogP contribution is 2.60. The molecule has 0 saturated heterocycles. The first-order valence-electron chi connectivity index (χ1n) is 9.51. The second-order valence-corrected chi connectivity index (χ2v) is 7.81. The van der Waals surface area contributed by atoms with E-state index in [9.17, 15) is 105 Å². The van der Waals surface area contributed by atoms with Crippen molar-refractivity contribution in [3.8, 4) is 0 Å². The summed E-state index contributed by atoms with van der Waals surface area (Å²) in [4.78, 5) is 0. The topological polar surface area (TPSA) is 9.23 Å². The fraction of sp³-hybridized carbons (Fsp3) is 1.00. The van der Waals surface area contributed by atoms with Crippen molar-refractivity contribution in [3.05, 3.63) is 0 Å². The molecule has 0 saturated carbocycles. The second-order valence-electron chi connectivity index (χ2n) is 7.81. The molecule has 0 amide bonds. The molecular weight excluding hydrogens is 664 g/mol. The molecule has 41 heavy (non-hydrogen) atoms. The smallest absolute Gasteiger partial charge is 0.381 e. The maximum atomic E-state index is 13.5. The molecule has 0 radical (unpaired) electrons. The van der Waals surface area contributed by atoms with E-state index < -0.39 is 98.1 Å². The minimum Gasteiger partial charge on any atom is -0.381 e. The van der Waals surface area contributed by atoms with Gasteiger partial charge in [-0.05, 0) is 0 Å². The molecule has 0 aliphatic heterocycles. The molecule has 0 aliphatic rings. The van der Waals surface area contributed by atoms with Crippen LogP contribution in [0.5, 0.6) is 0 Å². The molecular formula is C16H10F24O. The Hall–Kier alpha value is -1.72. The average molecular weight is 674 g/mol. The second kappa shape index (κ2) is 11.1. The third-order valence-electron chi connectivity index (χ3n) is 5.00. The summed E-state index contributed by atoms with van der Waals surface area (Å²) in [6.07, 6.45) is -17.9. The first-order chi connectivity index (χ1) is 17.6. The molecule has 25 heteroatoms. The van der Waals surface area contributed by atoms with Crippen LogP contribution in [0.25, 0.3) is 0 Å². The van der Waals surface area contributed by atoms with Gasteiger partial charge in [0.15, 0.2) is 0 Å². The van der Waals surface area contributed by atoms with Gasteiger partial charge in [0.1, 0.15) is 0 Å². The summed E-state index contributed by atoms with van der Waals surface area (Å²) in [5, 5.41) is 0. The standard InChI is InChI=1S/C16H10F24O/c17-5(18)9(25,26)13(33,34)15(37,38)11(29,30)7(21,22)1-3-41-4-2-8(23,24)12(31,32)16(39,40)14(35,36)10(27,28)6(19)20/h5-6H,1-4H2. The Morgan fingerprint density at radius 1 is 0.341 bits per heavy atom. The van der Waals surface area contributed by atoms with Gasteiger partial charge in [0.25, 0.3) is 0 Å². The fourth-order valence-corrected chi connectivity index (χ4v) is 2.36. The van der Waals surface area contributed by atoms with Crippen LogP contribution in [-0.4, -0.2) is 85.3 Å². The minimum atomic E-state index is -8.00. The maximum Gasteiger partial charge on any atom is 0.384 e. The van der Waals surface area contributed by atoms with Gasteiger partial charge in [0.05, 0.1) is 13.2 Å². The van der Waals surface area contributed by atoms with Gasteiger partial charge in [-0.25, -0.2) is 17.6 Å². The Morgan fingerprint density at radius 2 is 0.561 bits per heavy atom. The third-order valence-corrected chi connectivity index (χ3v) is 5.00. The van der Waals surface area contributed by atoms with Gasteiger partial charge in [-0.1, -0.05) is 0 Å². The van der Waals surface area contributed by atoms with Crippen molar-refractivity contribution in [1.82, 2.24) is 0 Å². The van der Waals surface area contributed by atoms with Gasteiger partial charge in [-0.15, -0.1) is 0 Å². The Morgan fingerprint density at radius 3 is 0.756 bits per heavy atom. The van der Waals surface area contributed by atoms with Gasteiger partial charge >= 0.3 is 72.1 Å². The van der Waals surface area contributed by atoms with E-state index in [0.717, 1.165) is 0 Å². The van der Waals surface area contributed by atoms with E-state index in [4.69, 9.17) is 0 Å². The fourth-order valence-electron chi connectivity index (χ4n) is 2.36. The minimum absolute atomic E-state index is 2.45. The summed E-state index contributed by atoms with van der Waals surface area (Å²) in [6.45, 7) is -4.90. The molecule has 0 aromatic carbocycles. The monoisotopic (exact) mass is 674 g/mol. The van der Waals surface area contributed by atoms with Crippen LogP contribution in [0.1, 0.15) is 12.8 Å². The average Bonchev–Trinajstić information content (AvgIpc) is 2.77. The van der Waals surface area contributed by atoms with E-state index >= 15 is 0 Å². The quantitative estimate of drug-likeness (QED) is 0.118. The van der Waals surface area contributed by atoms with Crippen molar-refractivity contribution in [1.29, 1.82) is 0 Å². The van der Waals surface area contributed by atoms with E-state index in [1.807, 2.05) is 0 Å². The highest BCUT2D eigenvalue weighted by Gasteiger charge is 2.88. The van der Waals surface area contributed by atoms with Crippen molar-refractivity contribution in [2.24, 2.45) is 0 Å². The van der Waals surface area contributed by atoms with Crippen molar-refractivity contribution < 1.29 is 110 Å². The van der Waals surface area contributed by atoms with Gasteiger partial charge in [-0.2, -0.15) is 87.8 Å². The molecule has 0 atom stereocenters. The highest BCUT2D eigenvalue weighted by molar-refractivity contribution is 5.10. The Kier molecular flexibility index (Phi) is 10.6. The van der Waals surface area contributed by atoms with Crippen LogP contribution >= 0.6 is 0 Å². The lowest BCUT2D eigenvalue weighted by atomic mass is 9.93. The van der Waals surface area contributed by atoms with Crippen LogP contribution in [0.15, 0.2) is 0 Å². The zero-order valence-corrected chi connectivity index (χ0v) is 18.5. The molecule has 1 nitrogen and oxygen atoms in total. The van der Waals surface area contributed by atoms with E-state index in [0.29, 0.717) is 0 Å². The van der Waals surface area contributed by atoms with Crippen molar-refractivity contribution in [3.63, 3.8) is 0 Å². The Labute approximate surface area is 209 Å². The maximum absolute atomic E-state index is 13.5. The molecule has 0 aromatic heterocycles. The lowest BCUT2D eigenvalue weighted by molar-refractivity contribution is -0.414. The van der Waals surface area contributed by atoms with Gasteiger partial charge in [0, 0.05) is 12.8 Å². The zero-order chi connectivity index (χ0) is 33.7. The van der Waals surface area contributed by atoms with E-state index in [1.165, 1.54) is 0 Å². The molecule has 0 fully saturated rings. The van der Waals surface area contributed by atoms with E-state index in [2.05, 4.69) is 4.74 Å². The molecule has 0 rings (SSSR count). The summed E-state index contributed by atoms with van der Waals surface area (Å²) in [5.41, 5.74) is 0. The predicted molar refractivity (Wildman–Crippen MR) is 81.5 cm³/mol. The van der Waals surface area contributed by atoms with Crippen molar-refractivity contribution >= 4 is 0 Å². The molecule has 0 N–H and O–H groups in total. The molecule has 0 heterocycles. The number of hydrogen-bond donors (Lipinski definition) is 0. The lowest BCUT2D eigenvalue weighted by Gasteiger charge is -2.39. The Balaban J connectivity index is 5.69. The number of rotatable bonds is 16. The summed E-state index contributed by atoms with van der Waals surface area (Å²) >= 11 is 0. The van der Waals surface area contributed by atoms with Crippen molar-refractivity contribution in [2.45, 2.75) is 84.9 Å². The van der Waals surface area contributed by atoms with Gasteiger partial charge in [-0.3, -0.25) is 0 Å². The first kappa shape index (κ1) is 39.3. The molecule has 0 bridgehead atoms. The van der Waals surface area contributed by atoms with Crippen LogP contribution in [0, 0.1) is 0 Å². The normalized spacial score (nSPS) is 16.2. The molecule has 0 aliphatic carbocycles. The van der Waals surface area contributed by atoms with E-state index in [1.54, 1.807) is 0 Å². The summed E-state index contributed by atoms with van der Waals surface area (Å²) < 4.78 is 315. The molecule has 248 valence electrons. The number of hydrogen-bond acceptors (Lipinski definition) is 1. The third kappa shape index (κ3) is 5.92. The molecule has 0 spiro atoms. The van der Waals surface area contributed by atoms with Crippen molar-refractivity contribution in [2.75, 3.05) is 13.2 Å². The number of halogens is 24. The zero-order valence-electron chi connectivity index (χ0n) is 18.5. The van der Waals surface area contributed by atoms with Crippen LogP contribution in [0.4, 0.5) is 105 Å². The first-order valence-corrected chi connectivity index (χ1v) is 9.51. The van der Waals surface area contributed by atoms with Crippen LogP contribution in [0.3, 0.4) is 0 Å². The number of alkyl halides is 24. The number of ether oxygens (including phenoxy) is 1. The van der Waals surface area contributed by atoms with E-state index in [-0.39, 0.29) is 0 Å². The van der Waals surface area contributed by atoms with Crippen LogP contribution in [0.2, 0.25) is 0 Å². The predicted octanol–water partition coefficient (Wildman–Crippen LogP) is 8.67. The largest absolute Gasteiger partial charge is 0.384 e. The summed E-state index contributed by atoms with van der Waals surface area (Å²) in [6, 6.07) is 0. The lowest BCUT2D eigenvalue weighted by Crippen LogP contribution is -2.68. The SMILES string of the molecule is FC(F)C(F)(F)C(F)(F)C(F)(F)C(F)(F)C(F)(F)CCOCCC(F)(F)C(F)(F)C(F)(F)C(F)(F)C(F)(F)C(F)F. The highest BCUT2D eigenvalue weighted by atomic mass is 19.4. The van der Waals surface area contributed by atoms with Crippen LogP contribution in [-0.2, 0) is 4.74 Å². The summed E-state index contributed by atoms with van der Waals surface area (Å²) in [7, 11) is 0. The summed E-state index contributed by atoms with van der Waals surface area (Å²) in [5.74, 6) is -75.3. The van der Waals surface area contributed by atoms with Crippen LogP contribution < -0.4 is 0 Å². The molecule has 0 aromatic rings. The van der Waals surface area contributed by atoms with Gasteiger partial charge in [0.2, 0.25) is 0 Å². The van der Waals surface area contributed by atoms with Gasteiger partial charge < -0.3 is 4.74 Å². The molecule has 0 unspecified atom stereocenters.